The van der Waals surface area contributed by atoms with Gasteiger partial charge in [-0.2, -0.15) is 0 Å². The van der Waals surface area contributed by atoms with E-state index in [0.717, 1.165) is 6.42 Å². The van der Waals surface area contributed by atoms with Gasteiger partial charge in [0.2, 0.25) is 5.28 Å². The van der Waals surface area contributed by atoms with Crippen LogP contribution in [-0.4, -0.2) is 34.2 Å². The second-order valence-electron chi connectivity index (χ2n) is 3.76. The Morgan fingerprint density at radius 3 is 2.73 bits per heavy atom. The molecule has 0 aromatic carbocycles. The van der Waals surface area contributed by atoms with Crippen molar-refractivity contribution in [2.75, 3.05) is 5.75 Å². The number of nitrogens with zero attached hydrogens (tertiary/aromatic N) is 3. The van der Waals surface area contributed by atoms with E-state index < -0.39 is 9.84 Å². The van der Waals surface area contributed by atoms with Crippen molar-refractivity contribution >= 4 is 21.4 Å². The lowest BCUT2D eigenvalue weighted by Gasteiger charge is -2.11. The minimum atomic E-state index is -2.93. The third-order valence-electron chi connectivity index (χ3n) is 2.74. The normalized spacial score (nSPS) is 24.5. The van der Waals surface area contributed by atoms with E-state index in [0.29, 0.717) is 18.8 Å². The fraction of sp³-hybridized carbons (Fsp3) is 0.750. The van der Waals surface area contributed by atoms with Crippen LogP contribution < -0.4 is 0 Å². The second kappa shape index (κ2) is 3.75. The molecule has 1 aromatic heterocycles. The largest absolute Gasteiger partial charge is 0.301 e. The molecule has 0 N–H and O–H groups in total. The fourth-order valence-electron chi connectivity index (χ4n) is 1.83. The summed E-state index contributed by atoms with van der Waals surface area (Å²) in [5.74, 6) is 0.943. The maximum atomic E-state index is 11.6. The van der Waals surface area contributed by atoms with Gasteiger partial charge in [-0.3, -0.25) is 0 Å². The maximum absolute atomic E-state index is 11.6. The van der Waals surface area contributed by atoms with E-state index in [-0.39, 0.29) is 16.3 Å². The number of aromatic nitrogens is 3. The highest BCUT2D eigenvalue weighted by atomic mass is 35.5. The van der Waals surface area contributed by atoms with Gasteiger partial charge in [0, 0.05) is 6.54 Å². The number of halogens is 1. The van der Waals surface area contributed by atoms with Crippen molar-refractivity contribution in [3.05, 3.63) is 11.1 Å². The first-order chi connectivity index (χ1) is 7.00. The predicted octanol–water partition coefficient (Wildman–Crippen LogP) is 0.817. The molecular weight excluding hydrogens is 238 g/mol. The summed E-state index contributed by atoms with van der Waals surface area (Å²) in [6, 6.07) is 0. The molecule has 1 unspecified atom stereocenters. The zero-order valence-corrected chi connectivity index (χ0v) is 9.92. The van der Waals surface area contributed by atoms with Crippen molar-refractivity contribution in [3.8, 4) is 0 Å². The summed E-state index contributed by atoms with van der Waals surface area (Å²) in [7, 11) is -2.93. The third kappa shape index (κ3) is 2.01. The highest BCUT2D eigenvalue weighted by Gasteiger charge is 2.32. The van der Waals surface area contributed by atoms with E-state index in [1.165, 1.54) is 0 Å². The highest BCUT2D eigenvalue weighted by molar-refractivity contribution is 7.92. The zero-order valence-electron chi connectivity index (χ0n) is 8.35. The second-order valence-corrected chi connectivity index (χ2v) is 6.50. The minimum Gasteiger partial charge on any atom is -0.301 e. The van der Waals surface area contributed by atoms with E-state index in [4.69, 9.17) is 11.6 Å². The molecule has 1 aromatic rings. The third-order valence-corrected chi connectivity index (χ3v) is 5.28. The van der Waals surface area contributed by atoms with Gasteiger partial charge in [-0.1, -0.05) is 0 Å². The van der Waals surface area contributed by atoms with Crippen LogP contribution in [-0.2, 0) is 16.4 Å². The van der Waals surface area contributed by atoms with Crippen LogP contribution >= 0.6 is 11.6 Å². The number of hydrogen-bond donors (Lipinski definition) is 0. The van der Waals surface area contributed by atoms with Crippen molar-refractivity contribution in [1.29, 1.82) is 0 Å². The maximum Gasteiger partial charge on any atom is 0.225 e. The molecule has 1 atom stereocenters. The summed E-state index contributed by atoms with van der Waals surface area (Å²) in [6.45, 7) is 2.14. The van der Waals surface area contributed by atoms with Gasteiger partial charge in [0.25, 0.3) is 0 Å². The molecule has 1 saturated heterocycles. The average molecular weight is 250 g/mol. The average Bonchev–Trinajstić information content (AvgIpc) is 2.63. The molecule has 0 aliphatic carbocycles. The van der Waals surface area contributed by atoms with Crippen molar-refractivity contribution in [1.82, 2.24) is 14.8 Å². The quantitative estimate of drug-likeness (QED) is 0.778. The number of sulfone groups is 1. The fourth-order valence-corrected chi connectivity index (χ4v) is 3.86. The first-order valence-electron chi connectivity index (χ1n) is 4.77. The number of rotatable bonds is 2. The van der Waals surface area contributed by atoms with Gasteiger partial charge in [0.15, 0.2) is 9.84 Å². The summed E-state index contributed by atoms with van der Waals surface area (Å²) in [6.07, 6.45) is 1.45. The SMILES string of the molecule is Cc1nnc(Cl)n1CC1CCCS1(=O)=O. The Labute approximate surface area is 93.4 Å². The van der Waals surface area contributed by atoms with Crippen molar-refractivity contribution in [2.45, 2.75) is 31.6 Å². The number of aryl methyl sites for hydroxylation is 1. The molecule has 0 saturated carbocycles. The molecule has 84 valence electrons. The smallest absolute Gasteiger partial charge is 0.225 e. The van der Waals surface area contributed by atoms with Crippen LogP contribution in [0.4, 0.5) is 0 Å². The van der Waals surface area contributed by atoms with Crippen molar-refractivity contribution in [2.24, 2.45) is 0 Å². The lowest BCUT2D eigenvalue weighted by molar-refractivity contribution is 0.562. The van der Waals surface area contributed by atoms with Crippen LogP contribution in [0, 0.1) is 6.92 Å². The Hall–Kier alpha value is -0.620. The molecule has 0 spiro atoms. The van der Waals surface area contributed by atoms with Crippen molar-refractivity contribution in [3.63, 3.8) is 0 Å². The van der Waals surface area contributed by atoms with Crippen LogP contribution in [0.5, 0.6) is 0 Å². The van der Waals surface area contributed by atoms with Gasteiger partial charge in [-0.05, 0) is 31.4 Å². The first kappa shape index (κ1) is 10.9. The summed E-state index contributed by atoms with van der Waals surface area (Å²) in [5.41, 5.74) is 0. The molecule has 0 radical (unpaired) electrons. The van der Waals surface area contributed by atoms with Crippen LogP contribution in [0.25, 0.3) is 0 Å². The van der Waals surface area contributed by atoms with Gasteiger partial charge < -0.3 is 4.57 Å². The van der Waals surface area contributed by atoms with Crippen LogP contribution in [0.1, 0.15) is 18.7 Å². The molecule has 1 aliphatic rings. The molecule has 1 aliphatic heterocycles. The van der Waals surface area contributed by atoms with Gasteiger partial charge in [0.1, 0.15) is 5.82 Å². The van der Waals surface area contributed by atoms with Crippen LogP contribution in [0.3, 0.4) is 0 Å². The van der Waals surface area contributed by atoms with Crippen LogP contribution in [0.2, 0.25) is 5.28 Å². The first-order valence-corrected chi connectivity index (χ1v) is 6.87. The molecule has 7 heteroatoms. The number of hydrogen-bond acceptors (Lipinski definition) is 4. The Morgan fingerprint density at radius 2 is 2.27 bits per heavy atom. The van der Waals surface area contributed by atoms with Crippen LogP contribution in [0.15, 0.2) is 0 Å². The highest BCUT2D eigenvalue weighted by Crippen LogP contribution is 2.23. The Kier molecular flexibility index (Phi) is 2.72. The molecule has 2 rings (SSSR count). The van der Waals surface area contributed by atoms with Gasteiger partial charge in [-0.15, -0.1) is 10.2 Å². The molecule has 2 heterocycles. The summed E-state index contributed by atoms with van der Waals surface area (Å²) in [4.78, 5) is 0. The summed E-state index contributed by atoms with van der Waals surface area (Å²) in [5, 5.41) is 7.41. The Bertz CT molecular complexity index is 449. The minimum absolute atomic E-state index is 0.259. The molecule has 0 amide bonds. The molecule has 1 fully saturated rings. The molecule has 15 heavy (non-hydrogen) atoms. The standard InChI is InChI=1S/C8H12ClN3O2S/c1-6-10-11-8(9)12(6)5-7-3-2-4-15(7,13)14/h7H,2-5H2,1H3. The topological polar surface area (TPSA) is 64.8 Å². The van der Waals surface area contributed by atoms with E-state index in [9.17, 15) is 8.42 Å². The van der Waals surface area contributed by atoms with Crippen molar-refractivity contribution < 1.29 is 8.42 Å². The molecular formula is C8H12ClN3O2S. The van der Waals surface area contributed by atoms with E-state index >= 15 is 0 Å². The van der Waals surface area contributed by atoms with E-state index in [2.05, 4.69) is 10.2 Å². The Balaban J connectivity index is 2.23. The van der Waals surface area contributed by atoms with E-state index in [1.54, 1.807) is 11.5 Å². The molecule has 0 bridgehead atoms. The Morgan fingerprint density at radius 1 is 1.53 bits per heavy atom. The lowest BCUT2D eigenvalue weighted by Crippen LogP contribution is -2.22. The van der Waals surface area contributed by atoms with Gasteiger partial charge >= 0.3 is 0 Å². The molecule has 5 nitrogen and oxygen atoms in total. The monoisotopic (exact) mass is 249 g/mol. The summed E-state index contributed by atoms with van der Waals surface area (Å²) >= 11 is 5.81. The lowest BCUT2D eigenvalue weighted by atomic mass is 10.2. The predicted molar refractivity (Wildman–Crippen MR) is 56.6 cm³/mol. The van der Waals surface area contributed by atoms with Gasteiger partial charge in [-0.25, -0.2) is 8.42 Å². The van der Waals surface area contributed by atoms with Gasteiger partial charge in [0.05, 0.1) is 11.0 Å². The zero-order chi connectivity index (χ0) is 11.1. The summed E-state index contributed by atoms with van der Waals surface area (Å²) < 4.78 is 24.9. The van der Waals surface area contributed by atoms with E-state index in [1.807, 2.05) is 0 Å².